The molecule has 0 aliphatic heterocycles. The average Bonchev–Trinajstić information content (AvgIpc) is 2.15. The molecule has 0 atom stereocenters. The van der Waals surface area contributed by atoms with E-state index >= 15 is 0 Å². The topological polar surface area (TPSA) is 20.2 Å². The summed E-state index contributed by atoms with van der Waals surface area (Å²) in [5.74, 6) is 0.361. The molecule has 1 rings (SSSR count). The number of halogens is 2. The van der Waals surface area contributed by atoms with E-state index in [2.05, 4.69) is 6.58 Å². The highest BCUT2D eigenvalue weighted by atomic mass is 35.5. The molecule has 0 fully saturated rings. The molecule has 0 bridgehead atoms. The molecule has 0 amide bonds. The van der Waals surface area contributed by atoms with E-state index in [1.807, 2.05) is 13.8 Å². The van der Waals surface area contributed by atoms with E-state index in [0.717, 1.165) is 11.1 Å². The maximum absolute atomic E-state index is 10.1. The van der Waals surface area contributed by atoms with Crippen LogP contribution in [0, 0.1) is 5.92 Å². The molecule has 1 nitrogen and oxygen atoms in total. The van der Waals surface area contributed by atoms with Crippen molar-refractivity contribution in [1.29, 1.82) is 0 Å². The highest BCUT2D eigenvalue weighted by molar-refractivity contribution is 6.34. The lowest BCUT2D eigenvalue weighted by Gasteiger charge is -2.15. The Kier molecular flexibility index (Phi) is 4.67. The van der Waals surface area contributed by atoms with Gasteiger partial charge in [-0.25, -0.2) is 0 Å². The Bertz CT molecular complexity index is 453. The van der Waals surface area contributed by atoms with Crippen LogP contribution in [0.15, 0.2) is 36.1 Å². The summed E-state index contributed by atoms with van der Waals surface area (Å²) in [6.07, 6.45) is 0. The van der Waals surface area contributed by atoms with Gasteiger partial charge >= 0.3 is 0 Å². The maximum atomic E-state index is 10.1. The lowest BCUT2D eigenvalue weighted by molar-refractivity contribution is 0.422. The Morgan fingerprint density at radius 3 is 2.00 bits per heavy atom. The lowest BCUT2D eigenvalue weighted by Crippen LogP contribution is -2.00. The highest BCUT2D eigenvalue weighted by Gasteiger charge is 2.14. The van der Waals surface area contributed by atoms with Crippen molar-refractivity contribution < 1.29 is 5.11 Å². The van der Waals surface area contributed by atoms with Crippen molar-refractivity contribution in [2.45, 2.75) is 20.8 Å². The second-order valence-electron chi connectivity index (χ2n) is 4.36. The number of aliphatic hydroxyl groups excluding tert-OH is 1. The minimum Gasteiger partial charge on any atom is -0.507 e. The molecule has 0 saturated carbocycles. The smallest absolute Gasteiger partial charge is 0.121 e. The Hall–Kier alpha value is -0.920. The first kappa shape index (κ1) is 14.1. The van der Waals surface area contributed by atoms with E-state index in [1.165, 1.54) is 0 Å². The van der Waals surface area contributed by atoms with Gasteiger partial charge in [0, 0.05) is 15.6 Å². The maximum Gasteiger partial charge on any atom is 0.121 e. The van der Waals surface area contributed by atoms with E-state index < -0.39 is 0 Å². The molecule has 1 N–H and O–H groups in total. The summed E-state index contributed by atoms with van der Waals surface area (Å²) in [5.41, 5.74) is 2.27. The van der Waals surface area contributed by atoms with Crippen LogP contribution < -0.4 is 0 Å². The summed E-state index contributed by atoms with van der Waals surface area (Å²) in [4.78, 5) is 0. The first-order valence-corrected chi connectivity index (χ1v) is 6.14. The summed E-state index contributed by atoms with van der Waals surface area (Å²) in [6, 6.07) is 5.26. The molecule has 0 saturated heterocycles. The fourth-order valence-electron chi connectivity index (χ4n) is 1.68. The molecule has 0 aliphatic carbocycles. The van der Waals surface area contributed by atoms with E-state index in [9.17, 15) is 5.11 Å². The fourth-order valence-corrected chi connectivity index (χ4v) is 2.21. The summed E-state index contributed by atoms with van der Waals surface area (Å²) in [5, 5.41) is 11.2. The van der Waals surface area contributed by atoms with Crippen LogP contribution in [-0.4, -0.2) is 5.11 Å². The third kappa shape index (κ3) is 3.52. The molecule has 0 radical (unpaired) electrons. The molecule has 0 aromatic heterocycles. The molecule has 17 heavy (non-hydrogen) atoms. The van der Waals surface area contributed by atoms with Gasteiger partial charge in [-0.1, -0.05) is 43.6 Å². The summed E-state index contributed by atoms with van der Waals surface area (Å²) in [7, 11) is 0. The molecule has 0 aliphatic rings. The third-order valence-corrected chi connectivity index (χ3v) is 2.85. The van der Waals surface area contributed by atoms with Crippen molar-refractivity contribution in [3.05, 3.63) is 51.7 Å². The van der Waals surface area contributed by atoms with Crippen LogP contribution in [-0.2, 0) is 0 Å². The Balaban J connectivity index is 3.44. The second-order valence-corrected chi connectivity index (χ2v) is 5.23. The zero-order chi connectivity index (χ0) is 13.2. The van der Waals surface area contributed by atoms with Crippen LogP contribution in [0.25, 0.3) is 5.57 Å². The zero-order valence-corrected chi connectivity index (χ0v) is 11.7. The van der Waals surface area contributed by atoms with E-state index in [-0.39, 0.29) is 11.7 Å². The van der Waals surface area contributed by atoms with Crippen molar-refractivity contribution >= 4 is 28.8 Å². The second kappa shape index (κ2) is 5.61. The molecular weight excluding hydrogens is 255 g/mol. The molecule has 1 aromatic rings. The van der Waals surface area contributed by atoms with Gasteiger partial charge in [-0.2, -0.15) is 0 Å². The molecule has 0 unspecified atom stereocenters. The van der Waals surface area contributed by atoms with Crippen LogP contribution in [0.1, 0.15) is 26.3 Å². The average molecular weight is 271 g/mol. The minimum atomic E-state index is 0.154. The van der Waals surface area contributed by atoms with Crippen molar-refractivity contribution in [3.8, 4) is 0 Å². The number of rotatable bonds is 3. The monoisotopic (exact) mass is 270 g/mol. The highest BCUT2D eigenvalue weighted by Crippen LogP contribution is 2.32. The molecule has 0 spiro atoms. The third-order valence-electron chi connectivity index (χ3n) is 2.41. The van der Waals surface area contributed by atoms with Gasteiger partial charge in [-0.15, -0.1) is 0 Å². The minimum absolute atomic E-state index is 0.154. The SMILES string of the molecule is C=C(C)/C(O)=C(/c1cc(Cl)cc(Cl)c1)C(C)C. The largest absolute Gasteiger partial charge is 0.507 e. The van der Waals surface area contributed by atoms with Crippen molar-refractivity contribution in [1.82, 2.24) is 0 Å². The van der Waals surface area contributed by atoms with Gasteiger partial charge in [0.05, 0.1) is 0 Å². The molecule has 0 heterocycles. The molecule has 3 heteroatoms. The Labute approximate surface area is 112 Å². The van der Waals surface area contributed by atoms with Crippen LogP contribution in [0.4, 0.5) is 0 Å². The van der Waals surface area contributed by atoms with Crippen molar-refractivity contribution in [2.24, 2.45) is 5.92 Å². The van der Waals surface area contributed by atoms with Gasteiger partial charge in [0.2, 0.25) is 0 Å². The Morgan fingerprint density at radius 2 is 1.65 bits per heavy atom. The quantitative estimate of drug-likeness (QED) is 0.569. The normalized spacial score (nSPS) is 12.6. The first-order chi connectivity index (χ1) is 7.82. The van der Waals surface area contributed by atoms with Gasteiger partial charge in [-0.3, -0.25) is 0 Å². The molecular formula is C14H16Cl2O. The number of hydrogen-bond acceptors (Lipinski definition) is 1. The standard InChI is InChI=1S/C14H16Cl2O/c1-8(2)13(14(17)9(3)4)10-5-11(15)7-12(16)6-10/h5-8,17H,3H2,1-2,4H3/b14-13-. The van der Waals surface area contributed by atoms with Crippen molar-refractivity contribution in [3.63, 3.8) is 0 Å². The van der Waals surface area contributed by atoms with Gasteiger partial charge in [0.1, 0.15) is 5.76 Å². The number of aliphatic hydroxyl groups is 1. The van der Waals surface area contributed by atoms with Crippen LogP contribution >= 0.6 is 23.2 Å². The summed E-state index contributed by atoms with van der Waals surface area (Å²) in [6.45, 7) is 9.53. The van der Waals surface area contributed by atoms with Gasteiger partial charge < -0.3 is 5.11 Å². The van der Waals surface area contributed by atoms with Crippen LogP contribution in [0.5, 0.6) is 0 Å². The van der Waals surface area contributed by atoms with E-state index in [4.69, 9.17) is 23.2 Å². The predicted molar refractivity (Wildman–Crippen MR) is 75.7 cm³/mol. The lowest BCUT2D eigenvalue weighted by atomic mass is 9.92. The zero-order valence-electron chi connectivity index (χ0n) is 10.2. The van der Waals surface area contributed by atoms with E-state index in [0.29, 0.717) is 15.6 Å². The number of hydrogen-bond donors (Lipinski definition) is 1. The Morgan fingerprint density at radius 1 is 1.18 bits per heavy atom. The summed E-state index contributed by atoms with van der Waals surface area (Å²) >= 11 is 11.9. The fraction of sp³-hybridized carbons (Fsp3) is 0.286. The molecule has 92 valence electrons. The van der Waals surface area contributed by atoms with Crippen LogP contribution in [0.2, 0.25) is 10.0 Å². The predicted octanol–water partition coefficient (Wildman–Crippen LogP) is 5.49. The van der Waals surface area contributed by atoms with E-state index in [1.54, 1.807) is 25.1 Å². The number of allylic oxidation sites excluding steroid dienone is 2. The van der Waals surface area contributed by atoms with Crippen LogP contribution in [0.3, 0.4) is 0 Å². The van der Waals surface area contributed by atoms with Crippen molar-refractivity contribution in [2.75, 3.05) is 0 Å². The van der Waals surface area contributed by atoms with Gasteiger partial charge in [0.25, 0.3) is 0 Å². The van der Waals surface area contributed by atoms with Gasteiger partial charge in [0.15, 0.2) is 0 Å². The van der Waals surface area contributed by atoms with Gasteiger partial charge in [-0.05, 0) is 42.2 Å². The summed E-state index contributed by atoms with van der Waals surface area (Å²) < 4.78 is 0. The number of benzene rings is 1. The molecule has 1 aromatic carbocycles. The first-order valence-electron chi connectivity index (χ1n) is 5.38.